The number of benzene rings is 2. The Kier molecular flexibility index (Phi) is 3.60. The van der Waals surface area contributed by atoms with Crippen molar-refractivity contribution < 1.29 is 9.47 Å². The van der Waals surface area contributed by atoms with E-state index in [0.29, 0.717) is 18.1 Å². The van der Waals surface area contributed by atoms with Gasteiger partial charge in [-0.25, -0.2) is 4.98 Å². The van der Waals surface area contributed by atoms with Crippen LogP contribution in [0.5, 0.6) is 11.5 Å². The van der Waals surface area contributed by atoms with E-state index in [-0.39, 0.29) is 0 Å². The molecule has 4 heteroatoms. The lowest BCUT2D eigenvalue weighted by Gasteiger charge is -2.10. The molecular weight excluding hydrogens is 264 g/mol. The summed E-state index contributed by atoms with van der Waals surface area (Å²) in [6.07, 6.45) is 1.70. The number of hydrogen-bond donors (Lipinski definition) is 1. The quantitative estimate of drug-likeness (QED) is 0.723. The summed E-state index contributed by atoms with van der Waals surface area (Å²) in [6, 6.07) is 13.7. The Balaban J connectivity index is 1.99. The molecular formula is C17H16N2O2. The van der Waals surface area contributed by atoms with Gasteiger partial charge in [0.05, 0.1) is 18.1 Å². The maximum atomic E-state index is 5.55. The minimum absolute atomic E-state index is 0.445. The number of rotatable bonds is 5. The Morgan fingerprint density at radius 1 is 1.19 bits per heavy atom. The standard InChI is InChI=1S/C17H16N2O2/c1-3-10-21-15-9-8-12(11-16(15)20-2)17-18-13-6-4-5-7-14(13)19-17/h3-9,11H,1,10H2,2H3,(H,18,19). The largest absolute Gasteiger partial charge is 0.493 e. The van der Waals surface area contributed by atoms with Crippen molar-refractivity contribution in [2.45, 2.75) is 0 Å². The lowest BCUT2D eigenvalue weighted by Crippen LogP contribution is -1.96. The highest BCUT2D eigenvalue weighted by Crippen LogP contribution is 2.32. The summed E-state index contributed by atoms with van der Waals surface area (Å²) in [5.74, 6) is 2.18. The molecule has 21 heavy (non-hydrogen) atoms. The number of nitrogens with zero attached hydrogens (tertiary/aromatic N) is 1. The zero-order valence-corrected chi connectivity index (χ0v) is 11.8. The fourth-order valence-corrected chi connectivity index (χ4v) is 2.17. The summed E-state index contributed by atoms with van der Waals surface area (Å²) in [6.45, 7) is 4.08. The molecule has 0 unspecified atom stereocenters. The Morgan fingerprint density at radius 3 is 2.81 bits per heavy atom. The average Bonchev–Trinajstić information content (AvgIpc) is 2.96. The topological polar surface area (TPSA) is 47.1 Å². The van der Waals surface area contributed by atoms with Crippen molar-refractivity contribution in [3.05, 3.63) is 55.1 Å². The third-order valence-electron chi connectivity index (χ3n) is 3.18. The summed E-state index contributed by atoms with van der Waals surface area (Å²) in [7, 11) is 1.62. The SMILES string of the molecule is C=CCOc1ccc(-c2nc3ccccc3[nH]2)cc1OC. The zero-order chi connectivity index (χ0) is 14.7. The number of fused-ring (bicyclic) bond motifs is 1. The third-order valence-corrected chi connectivity index (χ3v) is 3.18. The van der Waals surface area contributed by atoms with Crippen molar-refractivity contribution in [2.75, 3.05) is 13.7 Å². The predicted molar refractivity (Wildman–Crippen MR) is 83.8 cm³/mol. The molecule has 0 radical (unpaired) electrons. The van der Waals surface area contributed by atoms with Crippen LogP contribution in [0.25, 0.3) is 22.4 Å². The third kappa shape index (κ3) is 2.60. The van der Waals surface area contributed by atoms with Crippen LogP contribution in [0.4, 0.5) is 0 Å². The Labute approximate surface area is 123 Å². The monoisotopic (exact) mass is 280 g/mol. The van der Waals surface area contributed by atoms with Crippen molar-refractivity contribution in [3.63, 3.8) is 0 Å². The van der Waals surface area contributed by atoms with Crippen LogP contribution in [0.1, 0.15) is 0 Å². The number of para-hydroxylation sites is 2. The Morgan fingerprint density at radius 2 is 2.05 bits per heavy atom. The first-order chi connectivity index (χ1) is 10.3. The molecule has 0 amide bonds. The van der Waals surface area contributed by atoms with E-state index in [2.05, 4.69) is 16.5 Å². The second-order valence-corrected chi connectivity index (χ2v) is 4.57. The van der Waals surface area contributed by atoms with Crippen molar-refractivity contribution in [1.29, 1.82) is 0 Å². The van der Waals surface area contributed by atoms with Gasteiger partial charge in [-0.05, 0) is 30.3 Å². The average molecular weight is 280 g/mol. The highest BCUT2D eigenvalue weighted by Gasteiger charge is 2.09. The molecule has 0 saturated heterocycles. The zero-order valence-electron chi connectivity index (χ0n) is 11.8. The molecule has 0 bridgehead atoms. The molecule has 3 rings (SSSR count). The van der Waals surface area contributed by atoms with Gasteiger partial charge in [0.1, 0.15) is 12.4 Å². The van der Waals surface area contributed by atoms with Gasteiger partial charge in [-0.15, -0.1) is 0 Å². The molecule has 0 atom stereocenters. The molecule has 0 spiro atoms. The van der Waals surface area contributed by atoms with Gasteiger partial charge in [0, 0.05) is 5.56 Å². The number of methoxy groups -OCH3 is 1. The van der Waals surface area contributed by atoms with E-state index in [0.717, 1.165) is 22.4 Å². The van der Waals surface area contributed by atoms with Crippen molar-refractivity contribution >= 4 is 11.0 Å². The van der Waals surface area contributed by atoms with E-state index in [1.807, 2.05) is 42.5 Å². The Hall–Kier alpha value is -2.75. The first-order valence-electron chi connectivity index (χ1n) is 6.68. The van der Waals surface area contributed by atoms with Gasteiger partial charge in [0.2, 0.25) is 0 Å². The van der Waals surface area contributed by atoms with Gasteiger partial charge in [-0.1, -0.05) is 24.8 Å². The number of aromatic nitrogens is 2. The molecule has 1 heterocycles. The van der Waals surface area contributed by atoms with E-state index in [1.165, 1.54) is 0 Å². The number of ether oxygens (including phenoxy) is 2. The maximum Gasteiger partial charge on any atom is 0.161 e. The summed E-state index contributed by atoms with van der Waals surface area (Å²) < 4.78 is 10.9. The second-order valence-electron chi connectivity index (χ2n) is 4.57. The van der Waals surface area contributed by atoms with E-state index < -0.39 is 0 Å². The molecule has 0 aliphatic carbocycles. The molecule has 0 fully saturated rings. The molecule has 106 valence electrons. The van der Waals surface area contributed by atoms with E-state index in [4.69, 9.17) is 9.47 Å². The van der Waals surface area contributed by atoms with Gasteiger partial charge in [0.25, 0.3) is 0 Å². The van der Waals surface area contributed by atoms with Crippen LogP contribution in [0, 0.1) is 0 Å². The summed E-state index contributed by atoms with van der Waals surface area (Å²) in [5, 5.41) is 0. The molecule has 2 aromatic carbocycles. The minimum Gasteiger partial charge on any atom is -0.493 e. The number of aromatic amines is 1. The number of imidazole rings is 1. The second kappa shape index (κ2) is 5.71. The molecule has 0 saturated carbocycles. The first kappa shape index (κ1) is 13.2. The number of hydrogen-bond acceptors (Lipinski definition) is 3. The van der Waals surface area contributed by atoms with Gasteiger partial charge in [-0.2, -0.15) is 0 Å². The molecule has 1 aromatic heterocycles. The van der Waals surface area contributed by atoms with Gasteiger partial charge in [-0.3, -0.25) is 0 Å². The lowest BCUT2D eigenvalue weighted by molar-refractivity contribution is 0.326. The highest BCUT2D eigenvalue weighted by atomic mass is 16.5. The first-order valence-corrected chi connectivity index (χ1v) is 6.68. The van der Waals surface area contributed by atoms with Crippen molar-refractivity contribution in [1.82, 2.24) is 9.97 Å². The van der Waals surface area contributed by atoms with Crippen LogP contribution < -0.4 is 9.47 Å². The Bertz CT molecular complexity index is 744. The van der Waals surface area contributed by atoms with Crippen LogP contribution in [-0.4, -0.2) is 23.7 Å². The summed E-state index contributed by atoms with van der Waals surface area (Å²) in [5.41, 5.74) is 2.91. The fraction of sp³-hybridized carbons (Fsp3) is 0.118. The van der Waals surface area contributed by atoms with E-state index in [1.54, 1.807) is 13.2 Å². The van der Waals surface area contributed by atoms with Gasteiger partial charge < -0.3 is 14.5 Å². The predicted octanol–water partition coefficient (Wildman–Crippen LogP) is 3.80. The van der Waals surface area contributed by atoms with Gasteiger partial charge >= 0.3 is 0 Å². The van der Waals surface area contributed by atoms with Crippen molar-refractivity contribution in [3.8, 4) is 22.9 Å². The molecule has 0 aliphatic rings. The molecule has 0 aliphatic heterocycles. The number of H-pyrrole nitrogens is 1. The fourth-order valence-electron chi connectivity index (χ4n) is 2.17. The van der Waals surface area contributed by atoms with E-state index >= 15 is 0 Å². The van der Waals surface area contributed by atoms with E-state index in [9.17, 15) is 0 Å². The van der Waals surface area contributed by atoms with Crippen LogP contribution in [0.2, 0.25) is 0 Å². The van der Waals surface area contributed by atoms with Crippen LogP contribution >= 0.6 is 0 Å². The maximum absolute atomic E-state index is 5.55. The minimum atomic E-state index is 0.445. The summed E-state index contributed by atoms with van der Waals surface area (Å²) in [4.78, 5) is 7.88. The van der Waals surface area contributed by atoms with Crippen LogP contribution in [0.15, 0.2) is 55.1 Å². The van der Waals surface area contributed by atoms with Gasteiger partial charge in [0.15, 0.2) is 11.5 Å². The molecule has 1 N–H and O–H groups in total. The normalized spacial score (nSPS) is 10.5. The molecule has 3 aromatic rings. The molecule has 4 nitrogen and oxygen atoms in total. The number of nitrogens with one attached hydrogen (secondary N) is 1. The van der Waals surface area contributed by atoms with Crippen molar-refractivity contribution in [2.24, 2.45) is 0 Å². The lowest BCUT2D eigenvalue weighted by atomic mass is 10.2. The summed E-state index contributed by atoms with van der Waals surface area (Å²) >= 11 is 0. The smallest absolute Gasteiger partial charge is 0.161 e. The van der Waals surface area contributed by atoms with Crippen LogP contribution in [0.3, 0.4) is 0 Å². The van der Waals surface area contributed by atoms with Crippen LogP contribution in [-0.2, 0) is 0 Å². The highest BCUT2D eigenvalue weighted by molar-refractivity contribution is 5.79.